The van der Waals surface area contributed by atoms with Gasteiger partial charge in [0.15, 0.2) is 0 Å². The van der Waals surface area contributed by atoms with E-state index >= 15 is 0 Å². The zero-order valence-corrected chi connectivity index (χ0v) is 7.48. The molecule has 0 aliphatic heterocycles. The standard InChI is InChI=1S/C7H14N2S/c1-6(2)9-5-4-7(8)10-3/h4-6H,8H2,1-3H3. The first-order valence-electron chi connectivity index (χ1n) is 3.19. The summed E-state index contributed by atoms with van der Waals surface area (Å²) in [7, 11) is 0. The third-order valence-electron chi connectivity index (χ3n) is 0.859. The van der Waals surface area contributed by atoms with Gasteiger partial charge in [-0.05, 0) is 26.2 Å². The highest BCUT2D eigenvalue weighted by Gasteiger charge is 1.82. The molecule has 0 amide bonds. The minimum absolute atomic E-state index is 0.353. The fraction of sp³-hybridized carbons (Fsp3) is 0.571. The molecule has 0 saturated heterocycles. The Hall–Kier alpha value is -0.440. The number of hydrogen-bond acceptors (Lipinski definition) is 3. The number of nitrogens with two attached hydrogens (primary N) is 1. The molecule has 0 aliphatic rings. The lowest BCUT2D eigenvalue weighted by atomic mass is 10.4. The van der Waals surface area contributed by atoms with Crippen molar-refractivity contribution in [3.63, 3.8) is 0 Å². The van der Waals surface area contributed by atoms with Crippen LogP contribution in [0.15, 0.2) is 16.1 Å². The second-order valence-corrected chi connectivity index (χ2v) is 3.04. The summed E-state index contributed by atoms with van der Waals surface area (Å²) >= 11 is 1.52. The van der Waals surface area contributed by atoms with Gasteiger partial charge in [0.05, 0.1) is 5.03 Å². The second-order valence-electron chi connectivity index (χ2n) is 2.17. The molecule has 0 atom stereocenters. The molecule has 2 nitrogen and oxygen atoms in total. The summed E-state index contributed by atoms with van der Waals surface area (Å²) in [4.78, 5) is 4.12. The van der Waals surface area contributed by atoms with Crippen molar-refractivity contribution >= 4 is 18.0 Å². The van der Waals surface area contributed by atoms with Crippen molar-refractivity contribution in [2.45, 2.75) is 19.9 Å². The molecule has 0 unspecified atom stereocenters. The van der Waals surface area contributed by atoms with Gasteiger partial charge >= 0.3 is 0 Å². The number of thioether (sulfide) groups is 1. The average Bonchev–Trinajstić information content (AvgIpc) is 1.87. The molecule has 3 heteroatoms. The van der Waals surface area contributed by atoms with E-state index in [9.17, 15) is 0 Å². The van der Waals surface area contributed by atoms with E-state index in [-0.39, 0.29) is 0 Å². The van der Waals surface area contributed by atoms with Gasteiger partial charge < -0.3 is 5.73 Å². The fourth-order valence-corrected chi connectivity index (χ4v) is 0.554. The van der Waals surface area contributed by atoms with Crippen LogP contribution in [0.25, 0.3) is 0 Å². The minimum atomic E-state index is 0.353. The highest BCUT2D eigenvalue weighted by molar-refractivity contribution is 8.02. The second kappa shape index (κ2) is 5.35. The van der Waals surface area contributed by atoms with Crippen LogP contribution in [-0.4, -0.2) is 18.5 Å². The molecule has 0 aromatic rings. The summed E-state index contributed by atoms with van der Waals surface area (Å²) in [6.45, 7) is 4.05. The summed E-state index contributed by atoms with van der Waals surface area (Å²) in [6, 6.07) is 0.353. The maximum absolute atomic E-state index is 5.49. The van der Waals surface area contributed by atoms with Crippen LogP contribution in [0.2, 0.25) is 0 Å². The summed E-state index contributed by atoms with van der Waals surface area (Å²) in [5.74, 6) is 0. The monoisotopic (exact) mass is 158 g/mol. The van der Waals surface area contributed by atoms with E-state index in [0.29, 0.717) is 6.04 Å². The molecular weight excluding hydrogens is 144 g/mol. The van der Waals surface area contributed by atoms with E-state index in [2.05, 4.69) is 4.99 Å². The zero-order chi connectivity index (χ0) is 7.98. The van der Waals surface area contributed by atoms with Gasteiger partial charge in [-0.1, -0.05) is 0 Å². The predicted octanol–water partition coefficient (Wildman–Crippen LogP) is 1.63. The van der Waals surface area contributed by atoms with E-state index < -0.39 is 0 Å². The van der Waals surface area contributed by atoms with Gasteiger partial charge in [-0.2, -0.15) is 0 Å². The lowest BCUT2D eigenvalue weighted by molar-refractivity contribution is 0.841. The van der Waals surface area contributed by atoms with Crippen LogP contribution < -0.4 is 5.73 Å². The molecular formula is C7H14N2S. The van der Waals surface area contributed by atoms with Crippen molar-refractivity contribution in [1.82, 2.24) is 0 Å². The van der Waals surface area contributed by atoms with Crippen LogP contribution in [0.5, 0.6) is 0 Å². The maximum Gasteiger partial charge on any atom is 0.0667 e. The number of rotatable bonds is 3. The number of nitrogens with zero attached hydrogens (tertiary/aromatic N) is 1. The fourth-order valence-electron chi connectivity index (χ4n) is 0.357. The van der Waals surface area contributed by atoms with Crippen LogP contribution in [-0.2, 0) is 0 Å². The molecule has 0 aromatic carbocycles. The van der Waals surface area contributed by atoms with Gasteiger partial charge in [-0.3, -0.25) is 4.99 Å². The molecule has 0 bridgehead atoms. The Morgan fingerprint density at radius 3 is 2.60 bits per heavy atom. The molecule has 0 aromatic heterocycles. The quantitative estimate of drug-likeness (QED) is 0.634. The van der Waals surface area contributed by atoms with Crippen molar-refractivity contribution in [2.75, 3.05) is 6.26 Å². The van der Waals surface area contributed by atoms with Crippen molar-refractivity contribution in [3.8, 4) is 0 Å². The van der Waals surface area contributed by atoms with Gasteiger partial charge in [-0.15, -0.1) is 11.8 Å². The number of aliphatic imine (C=N–C) groups is 1. The number of allylic oxidation sites excluding steroid dienone is 1. The molecule has 0 spiro atoms. The first-order chi connectivity index (χ1) is 4.66. The third-order valence-corrected chi connectivity index (χ3v) is 1.47. The maximum atomic E-state index is 5.49. The molecule has 0 radical (unpaired) electrons. The zero-order valence-electron chi connectivity index (χ0n) is 6.66. The molecule has 0 aliphatic carbocycles. The van der Waals surface area contributed by atoms with E-state index in [0.717, 1.165) is 5.03 Å². The van der Waals surface area contributed by atoms with E-state index in [1.54, 1.807) is 6.21 Å². The van der Waals surface area contributed by atoms with Gasteiger partial charge in [0.2, 0.25) is 0 Å². The van der Waals surface area contributed by atoms with Gasteiger partial charge in [0.1, 0.15) is 0 Å². The molecule has 0 saturated carbocycles. The predicted molar refractivity (Wildman–Crippen MR) is 49.4 cm³/mol. The highest BCUT2D eigenvalue weighted by Crippen LogP contribution is 2.00. The molecule has 0 heterocycles. The summed E-state index contributed by atoms with van der Waals surface area (Å²) < 4.78 is 0. The molecule has 0 rings (SSSR count). The van der Waals surface area contributed by atoms with Crippen LogP contribution in [0, 0.1) is 0 Å². The average molecular weight is 158 g/mol. The van der Waals surface area contributed by atoms with Crippen molar-refractivity contribution in [2.24, 2.45) is 10.7 Å². The third kappa shape index (κ3) is 5.69. The Kier molecular flexibility index (Phi) is 5.12. The molecule has 10 heavy (non-hydrogen) atoms. The van der Waals surface area contributed by atoms with Gasteiger partial charge in [-0.25, -0.2) is 0 Å². The van der Waals surface area contributed by atoms with E-state index in [4.69, 9.17) is 5.73 Å². The smallest absolute Gasteiger partial charge is 0.0667 e. The van der Waals surface area contributed by atoms with E-state index in [1.807, 2.05) is 26.2 Å². The highest BCUT2D eigenvalue weighted by atomic mass is 32.2. The van der Waals surface area contributed by atoms with Crippen LogP contribution >= 0.6 is 11.8 Å². The molecule has 2 N–H and O–H groups in total. The van der Waals surface area contributed by atoms with Crippen molar-refractivity contribution < 1.29 is 0 Å². The Bertz CT molecular complexity index is 139. The van der Waals surface area contributed by atoms with Gasteiger partial charge in [0.25, 0.3) is 0 Å². The largest absolute Gasteiger partial charge is 0.393 e. The lowest BCUT2D eigenvalue weighted by Gasteiger charge is -1.92. The number of hydrogen-bond donors (Lipinski definition) is 1. The van der Waals surface area contributed by atoms with Crippen LogP contribution in [0.1, 0.15) is 13.8 Å². The Balaban J connectivity index is 3.70. The summed E-state index contributed by atoms with van der Waals surface area (Å²) in [5, 5.41) is 0.796. The molecule has 58 valence electrons. The Morgan fingerprint density at radius 1 is 1.60 bits per heavy atom. The first kappa shape index (κ1) is 9.56. The van der Waals surface area contributed by atoms with E-state index in [1.165, 1.54) is 11.8 Å². The Morgan fingerprint density at radius 2 is 2.20 bits per heavy atom. The first-order valence-corrected chi connectivity index (χ1v) is 4.42. The SMILES string of the molecule is CSC(N)=CC=NC(C)C. The summed E-state index contributed by atoms with van der Waals surface area (Å²) in [5.41, 5.74) is 5.49. The molecule has 0 fully saturated rings. The van der Waals surface area contributed by atoms with Crippen molar-refractivity contribution in [3.05, 3.63) is 11.1 Å². The lowest BCUT2D eigenvalue weighted by Crippen LogP contribution is -1.92. The normalized spacial score (nSPS) is 13.4. The minimum Gasteiger partial charge on any atom is -0.393 e. The Labute approximate surface area is 66.6 Å². The van der Waals surface area contributed by atoms with Crippen molar-refractivity contribution in [1.29, 1.82) is 0 Å². The summed E-state index contributed by atoms with van der Waals surface area (Å²) in [6.07, 6.45) is 5.50. The topological polar surface area (TPSA) is 38.4 Å². The van der Waals surface area contributed by atoms with Gasteiger partial charge in [0, 0.05) is 12.3 Å². The van der Waals surface area contributed by atoms with Crippen LogP contribution in [0.4, 0.5) is 0 Å². The van der Waals surface area contributed by atoms with Crippen LogP contribution in [0.3, 0.4) is 0 Å².